The lowest BCUT2D eigenvalue weighted by molar-refractivity contribution is 0.0981. The zero-order valence-electron chi connectivity index (χ0n) is 9.97. The summed E-state index contributed by atoms with van der Waals surface area (Å²) in [6.07, 6.45) is 0.548. The molecule has 2 unspecified atom stereocenters. The summed E-state index contributed by atoms with van der Waals surface area (Å²) in [5, 5.41) is 9.09. The molecule has 1 aromatic carbocycles. The topological polar surface area (TPSA) is 51.5 Å². The minimum atomic E-state index is -0.218. The molecule has 0 amide bonds. The number of hydrogen-bond acceptors (Lipinski definition) is 4. The molecule has 2 rings (SSSR count). The summed E-state index contributed by atoms with van der Waals surface area (Å²) in [7, 11) is 3.23. The van der Waals surface area contributed by atoms with Crippen molar-refractivity contribution in [3.05, 3.63) is 23.8 Å². The monoisotopic (exact) mass is 233 g/mol. The van der Waals surface area contributed by atoms with E-state index in [-0.39, 0.29) is 12.0 Å². The van der Waals surface area contributed by atoms with Crippen LogP contribution in [0.2, 0.25) is 0 Å². The molecule has 0 aromatic heterocycles. The minimum Gasteiger partial charge on any atom is -0.497 e. The third kappa shape index (κ3) is 2.20. The predicted octanol–water partition coefficient (Wildman–Crippen LogP) is 2.30. The zero-order chi connectivity index (χ0) is 12.3. The number of ether oxygens (including phenoxy) is 3. The van der Waals surface area contributed by atoms with Gasteiger partial charge in [-0.3, -0.25) is 0 Å². The second kappa shape index (κ2) is 5.07. The van der Waals surface area contributed by atoms with Crippen LogP contribution in [0.1, 0.15) is 18.1 Å². The molecule has 1 aliphatic heterocycles. The maximum Gasteiger partial charge on any atom is 0.124 e. The molecule has 4 nitrogen and oxygen atoms in total. The van der Waals surface area contributed by atoms with E-state index in [0.29, 0.717) is 6.61 Å². The lowest BCUT2D eigenvalue weighted by Crippen LogP contribution is -2.07. The van der Waals surface area contributed by atoms with E-state index in [1.807, 2.05) is 18.2 Å². The smallest absolute Gasteiger partial charge is 0.124 e. The Balaban J connectivity index is 2.38. The maximum atomic E-state index is 9.09. The SMILES string of the molecule is COc1ccc(OC)c(C2OCCC2C#N)c1. The number of nitrogens with zero attached hydrogens (tertiary/aromatic N) is 1. The molecular formula is C13H15NO3. The Kier molecular flexibility index (Phi) is 3.50. The van der Waals surface area contributed by atoms with Crippen LogP contribution in [0, 0.1) is 17.2 Å². The Morgan fingerprint density at radius 1 is 1.35 bits per heavy atom. The highest BCUT2D eigenvalue weighted by Crippen LogP contribution is 2.40. The summed E-state index contributed by atoms with van der Waals surface area (Å²) in [6.45, 7) is 0.614. The molecular weight excluding hydrogens is 218 g/mol. The highest BCUT2D eigenvalue weighted by atomic mass is 16.5. The van der Waals surface area contributed by atoms with Crippen molar-refractivity contribution >= 4 is 0 Å². The van der Waals surface area contributed by atoms with Crippen LogP contribution in [-0.4, -0.2) is 20.8 Å². The first-order valence-electron chi connectivity index (χ1n) is 5.53. The fourth-order valence-corrected chi connectivity index (χ4v) is 2.09. The summed E-state index contributed by atoms with van der Waals surface area (Å²) in [5.74, 6) is 1.36. The average Bonchev–Trinajstić information content (AvgIpc) is 2.86. The Hall–Kier alpha value is -1.73. The summed E-state index contributed by atoms with van der Waals surface area (Å²) in [6, 6.07) is 7.82. The first-order chi connectivity index (χ1) is 8.30. The van der Waals surface area contributed by atoms with E-state index < -0.39 is 0 Å². The molecule has 0 saturated carbocycles. The first kappa shape index (κ1) is 11.7. The van der Waals surface area contributed by atoms with Gasteiger partial charge in [0.05, 0.1) is 26.2 Å². The van der Waals surface area contributed by atoms with E-state index in [1.54, 1.807) is 14.2 Å². The van der Waals surface area contributed by atoms with Gasteiger partial charge in [0, 0.05) is 12.2 Å². The molecule has 0 aliphatic carbocycles. The van der Waals surface area contributed by atoms with Gasteiger partial charge in [0.15, 0.2) is 0 Å². The third-order valence-electron chi connectivity index (χ3n) is 3.00. The van der Waals surface area contributed by atoms with Gasteiger partial charge in [-0.2, -0.15) is 5.26 Å². The summed E-state index contributed by atoms with van der Waals surface area (Å²) in [5.41, 5.74) is 0.885. The van der Waals surface area contributed by atoms with Crippen LogP contribution in [0.25, 0.3) is 0 Å². The Bertz CT molecular complexity index is 439. The van der Waals surface area contributed by atoms with Crippen LogP contribution < -0.4 is 9.47 Å². The normalized spacial score (nSPS) is 23.1. The largest absolute Gasteiger partial charge is 0.497 e. The molecule has 1 aromatic rings. The third-order valence-corrected chi connectivity index (χ3v) is 3.00. The van der Waals surface area contributed by atoms with Gasteiger partial charge in [-0.15, -0.1) is 0 Å². The van der Waals surface area contributed by atoms with Crippen molar-refractivity contribution in [2.24, 2.45) is 5.92 Å². The van der Waals surface area contributed by atoms with E-state index >= 15 is 0 Å². The molecule has 1 saturated heterocycles. The molecule has 0 bridgehead atoms. The number of benzene rings is 1. The molecule has 1 heterocycles. The van der Waals surface area contributed by atoms with E-state index in [1.165, 1.54) is 0 Å². The van der Waals surface area contributed by atoms with Crippen molar-refractivity contribution in [1.29, 1.82) is 5.26 Å². The van der Waals surface area contributed by atoms with Gasteiger partial charge in [-0.25, -0.2) is 0 Å². The first-order valence-corrected chi connectivity index (χ1v) is 5.53. The lowest BCUT2D eigenvalue weighted by atomic mass is 9.96. The molecule has 0 radical (unpaired) electrons. The number of methoxy groups -OCH3 is 2. The number of nitriles is 1. The van der Waals surface area contributed by atoms with E-state index in [4.69, 9.17) is 19.5 Å². The molecule has 0 spiro atoms. The van der Waals surface area contributed by atoms with E-state index in [9.17, 15) is 0 Å². The van der Waals surface area contributed by atoms with Crippen molar-refractivity contribution in [3.8, 4) is 17.6 Å². The predicted molar refractivity (Wildman–Crippen MR) is 62.0 cm³/mol. The molecule has 1 fully saturated rings. The molecule has 2 atom stereocenters. The summed E-state index contributed by atoms with van der Waals surface area (Å²) >= 11 is 0. The van der Waals surface area contributed by atoms with Crippen molar-refractivity contribution in [2.75, 3.05) is 20.8 Å². The van der Waals surface area contributed by atoms with Gasteiger partial charge >= 0.3 is 0 Å². The van der Waals surface area contributed by atoms with Gasteiger partial charge < -0.3 is 14.2 Å². The van der Waals surface area contributed by atoms with Gasteiger partial charge in [-0.05, 0) is 24.6 Å². The highest BCUT2D eigenvalue weighted by molar-refractivity contribution is 5.42. The Labute approximate surface area is 101 Å². The van der Waals surface area contributed by atoms with E-state index in [0.717, 1.165) is 23.5 Å². The minimum absolute atomic E-state index is 0.115. The second-order valence-corrected chi connectivity index (χ2v) is 3.92. The lowest BCUT2D eigenvalue weighted by Gasteiger charge is -2.17. The quantitative estimate of drug-likeness (QED) is 0.803. The highest BCUT2D eigenvalue weighted by Gasteiger charge is 2.32. The van der Waals surface area contributed by atoms with Crippen molar-refractivity contribution < 1.29 is 14.2 Å². The molecule has 1 aliphatic rings. The van der Waals surface area contributed by atoms with Crippen molar-refractivity contribution in [3.63, 3.8) is 0 Å². The van der Waals surface area contributed by atoms with Gasteiger partial charge in [-0.1, -0.05) is 0 Å². The fraction of sp³-hybridized carbons (Fsp3) is 0.462. The molecule has 17 heavy (non-hydrogen) atoms. The van der Waals surface area contributed by atoms with E-state index in [2.05, 4.69) is 6.07 Å². The Morgan fingerprint density at radius 2 is 2.18 bits per heavy atom. The van der Waals surface area contributed by atoms with Gasteiger partial charge in [0.25, 0.3) is 0 Å². The zero-order valence-corrected chi connectivity index (χ0v) is 9.97. The fourth-order valence-electron chi connectivity index (χ4n) is 2.09. The second-order valence-electron chi connectivity index (χ2n) is 3.92. The van der Waals surface area contributed by atoms with Crippen LogP contribution >= 0.6 is 0 Å². The van der Waals surface area contributed by atoms with Crippen LogP contribution in [0.3, 0.4) is 0 Å². The van der Waals surface area contributed by atoms with Crippen LogP contribution in [0.15, 0.2) is 18.2 Å². The molecule has 4 heteroatoms. The average molecular weight is 233 g/mol. The van der Waals surface area contributed by atoms with Gasteiger partial charge in [0.1, 0.15) is 17.6 Å². The standard InChI is InChI=1S/C13H15NO3/c1-15-10-3-4-12(16-2)11(7-10)13-9(8-14)5-6-17-13/h3-4,7,9,13H,5-6H2,1-2H3. The van der Waals surface area contributed by atoms with Crippen molar-refractivity contribution in [2.45, 2.75) is 12.5 Å². The van der Waals surface area contributed by atoms with Crippen LogP contribution in [0.5, 0.6) is 11.5 Å². The van der Waals surface area contributed by atoms with Crippen LogP contribution in [-0.2, 0) is 4.74 Å². The summed E-state index contributed by atoms with van der Waals surface area (Å²) in [4.78, 5) is 0. The van der Waals surface area contributed by atoms with Crippen molar-refractivity contribution in [1.82, 2.24) is 0 Å². The molecule has 0 N–H and O–H groups in total. The number of rotatable bonds is 3. The van der Waals surface area contributed by atoms with Gasteiger partial charge in [0.2, 0.25) is 0 Å². The van der Waals surface area contributed by atoms with Crippen LogP contribution in [0.4, 0.5) is 0 Å². The number of hydrogen-bond donors (Lipinski definition) is 0. The summed E-state index contributed by atoms with van der Waals surface area (Å²) < 4.78 is 16.1. The maximum absolute atomic E-state index is 9.09. The molecule has 90 valence electrons. The Morgan fingerprint density at radius 3 is 2.82 bits per heavy atom.